The first-order chi connectivity index (χ1) is 7.63. The van der Waals surface area contributed by atoms with E-state index >= 15 is 0 Å². The van der Waals surface area contributed by atoms with Crippen LogP contribution in [0.15, 0.2) is 42.0 Å². The molecule has 1 aromatic rings. The molecule has 0 bridgehead atoms. The summed E-state index contributed by atoms with van der Waals surface area (Å²) >= 11 is 0. The van der Waals surface area contributed by atoms with E-state index in [0.29, 0.717) is 0 Å². The number of allylic oxidation sites excluding steroid dienone is 1. The molecule has 3 heteroatoms. The van der Waals surface area contributed by atoms with E-state index in [1.54, 1.807) is 0 Å². The molecule has 1 aromatic carbocycles. The van der Waals surface area contributed by atoms with Crippen molar-refractivity contribution in [2.75, 3.05) is 6.61 Å². The summed E-state index contributed by atoms with van der Waals surface area (Å²) < 4.78 is 0. The molecule has 0 saturated carbocycles. The van der Waals surface area contributed by atoms with E-state index in [1.807, 2.05) is 44.2 Å². The minimum absolute atomic E-state index is 0.105. The molecule has 16 heavy (non-hydrogen) atoms. The zero-order chi connectivity index (χ0) is 12.0. The fraction of sp³-hybridized carbons (Fsp3) is 0.308. The van der Waals surface area contributed by atoms with Crippen LogP contribution in [0.3, 0.4) is 0 Å². The first-order valence-corrected chi connectivity index (χ1v) is 5.24. The number of carbonyl (C=O) groups excluding carboxylic acids is 1. The van der Waals surface area contributed by atoms with Crippen LogP contribution >= 0.6 is 0 Å². The minimum Gasteiger partial charge on any atom is -0.394 e. The summed E-state index contributed by atoms with van der Waals surface area (Å²) in [5.74, 6) is -0.178. The predicted octanol–water partition coefficient (Wildman–Crippen LogP) is 1.80. The first kappa shape index (κ1) is 12.5. The average molecular weight is 219 g/mol. The number of amides is 1. The van der Waals surface area contributed by atoms with Crippen LogP contribution < -0.4 is 5.32 Å². The summed E-state index contributed by atoms with van der Waals surface area (Å²) in [5.41, 5.74) is 1.84. The molecule has 0 saturated heterocycles. The molecule has 0 unspecified atom stereocenters. The maximum atomic E-state index is 11.5. The third-order valence-electron chi connectivity index (χ3n) is 2.12. The van der Waals surface area contributed by atoms with Crippen LogP contribution in [0.2, 0.25) is 0 Å². The lowest BCUT2D eigenvalue weighted by Gasteiger charge is -2.15. The third kappa shape index (κ3) is 3.87. The number of carbonyl (C=O) groups is 1. The van der Waals surface area contributed by atoms with E-state index in [9.17, 15) is 9.90 Å². The Bertz CT molecular complexity index is 367. The van der Waals surface area contributed by atoms with Gasteiger partial charge in [0.15, 0.2) is 0 Å². The lowest BCUT2D eigenvalue weighted by atomic mass is 10.1. The number of nitrogens with one attached hydrogen (secondary N) is 1. The molecular weight excluding hydrogens is 202 g/mol. The second-order valence-electron chi connectivity index (χ2n) is 3.88. The molecule has 0 spiro atoms. The Hall–Kier alpha value is -1.61. The molecule has 0 radical (unpaired) electrons. The van der Waals surface area contributed by atoms with Crippen molar-refractivity contribution >= 4 is 5.91 Å². The summed E-state index contributed by atoms with van der Waals surface area (Å²) in [7, 11) is 0. The van der Waals surface area contributed by atoms with Crippen LogP contribution in [0.4, 0.5) is 0 Å². The number of aliphatic hydroxyl groups is 1. The van der Waals surface area contributed by atoms with Gasteiger partial charge >= 0.3 is 0 Å². The normalized spacial score (nSPS) is 11.7. The molecule has 0 aliphatic heterocycles. The highest BCUT2D eigenvalue weighted by molar-refractivity contribution is 5.88. The van der Waals surface area contributed by atoms with Gasteiger partial charge in [0.25, 0.3) is 0 Å². The van der Waals surface area contributed by atoms with Gasteiger partial charge in [-0.3, -0.25) is 4.79 Å². The molecular formula is C13H17NO2. The Kier molecular flexibility index (Phi) is 4.73. The Morgan fingerprint density at radius 3 is 2.50 bits per heavy atom. The van der Waals surface area contributed by atoms with Gasteiger partial charge in [0, 0.05) is 6.08 Å². The lowest BCUT2D eigenvalue weighted by molar-refractivity contribution is -0.117. The number of aliphatic hydroxyl groups excluding tert-OH is 1. The Morgan fingerprint density at radius 2 is 2.00 bits per heavy atom. The number of rotatable bonds is 4. The van der Waals surface area contributed by atoms with Gasteiger partial charge in [-0.25, -0.2) is 0 Å². The summed E-state index contributed by atoms with van der Waals surface area (Å²) in [4.78, 5) is 11.5. The SMILES string of the molecule is CC(C)=CC(=O)N[C@H](CO)c1ccccc1. The maximum absolute atomic E-state index is 11.5. The van der Waals surface area contributed by atoms with Crippen molar-refractivity contribution in [3.8, 4) is 0 Å². The smallest absolute Gasteiger partial charge is 0.244 e. The van der Waals surface area contributed by atoms with Crippen LogP contribution in [0.25, 0.3) is 0 Å². The first-order valence-electron chi connectivity index (χ1n) is 5.24. The fourth-order valence-corrected chi connectivity index (χ4v) is 1.40. The minimum atomic E-state index is -0.343. The van der Waals surface area contributed by atoms with Gasteiger partial charge in [0.2, 0.25) is 5.91 Å². The van der Waals surface area contributed by atoms with Crippen molar-refractivity contribution in [1.82, 2.24) is 5.32 Å². The average Bonchev–Trinajstić information content (AvgIpc) is 2.26. The largest absolute Gasteiger partial charge is 0.394 e. The van der Waals surface area contributed by atoms with Crippen molar-refractivity contribution in [3.63, 3.8) is 0 Å². The number of benzene rings is 1. The summed E-state index contributed by atoms with van der Waals surface area (Å²) in [6, 6.07) is 9.07. The Labute approximate surface area is 95.8 Å². The number of hydrogen-bond donors (Lipinski definition) is 2. The van der Waals surface area contributed by atoms with Crippen LogP contribution in [0, 0.1) is 0 Å². The highest BCUT2D eigenvalue weighted by atomic mass is 16.3. The summed E-state index contributed by atoms with van der Waals surface area (Å²) in [6.07, 6.45) is 1.52. The number of hydrogen-bond acceptors (Lipinski definition) is 2. The van der Waals surface area contributed by atoms with Gasteiger partial charge in [-0.2, -0.15) is 0 Å². The van der Waals surface area contributed by atoms with Crippen molar-refractivity contribution in [2.45, 2.75) is 19.9 Å². The van der Waals surface area contributed by atoms with Crippen LogP contribution in [0.5, 0.6) is 0 Å². The molecule has 0 aromatic heterocycles. The van der Waals surface area contributed by atoms with E-state index in [1.165, 1.54) is 6.08 Å². The highest BCUT2D eigenvalue weighted by Gasteiger charge is 2.11. The van der Waals surface area contributed by atoms with E-state index in [4.69, 9.17) is 0 Å². The molecule has 1 atom stereocenters. The second kappa shape index (κ2) is 6.08. The lowest BCUT2D eigenvalue weighted by Crippen LogP contribution is -2.29. The van der Waals surface area contributed by atoms with Crippen molar-refractivity contribution in [3.05, 3.63) is 47.5 Å². The van der Waals surface area contributed by atoms with Crippen LogP contribution in [0.1, 0.15) is 25.5 Å². The quantitative estimate of drug-likeness (QED) is 0.759. The monoisotopic (exact) mass is 219 g/mol. The van der Waals surface area contributed by atoms with Gasteiger partial charge < -0.3 is 10.4 Å². The Morgan fingerprint density at radius 1 is 1.38 bits per heavy atom. The van der Waals surface area contributed by atoms with Crippen LogP contribution in [-0.2, 0) is 4.79 Å². The molecule has 0 aliphatic rings. The zero-order valence-corrected chi connectivity index (χ0v) is 9.60. The summed E-state index contributed by atoms with van der Waals surface area (Å²) in [5, 5.41) is 12.0. The predicted molar refractivity (Wildman–Crippen MR) is 63.8 cm³/mol. The highest BCUT2D eigenvalue weighted by Crippen LogP contribution is 2.11. The molecule has 0 aliphatic carbocycles. The van der Waals surface area contributed by atoms with Gasteiger partial charge in [-0.05, 0) is 19.4 Å². The zero-order valence-electron chi connectivity index (χ0n) is 9.60. The van der Waals surface area contributed by atoms with Gasteiger partial charge in [-0.1, -0.05) is 35.9 Å². The van der Waals surface area contributed by atoms with Crippen molar-refractivity contribution < 1.29 is 9.90 Å². The molecule has 3 nitrogen and oxygen atoms in total. The standard InChI is InChI=1S/C13H17NO2/c1-10(2)8-13(16)14-12(9-15)11-6-4-3-5-7-11/h3-8,12,15H,9H2,1-2H3,(H,14,16)/t12-/m1/s1. The fourth-order valence-electron chi connectivity index (χ4n) is 1.40. The topological polar surface area (TPSA) is 49.3 Å². The molecule has 2 N–H and O–H groups in total. The van der Waals surface area contributed by atoms with Gasteiger partial charge in [0.05, 0.1) is 12.6 Å². The maximum Gasteiger partial charge on any atom is 0.244 e. The van der Waals surface area contributed by atoms with E-state index in [0.717, 1.165) is 11.1 Å². The van der Waals surface area contributed by atoms with E-state index < -0.39 is 0 Å². The summed E-state index contributed by atoms with van der Waals surface area (Å²) in [6.45, 7) is 3.61. The Balaban J connectivity index is 2.70. The molecule has 1 amide bonds. The molecule has 86 valence electrons. The molecule has 0 heterocycles. The second-order valence-corrected chi connectivity index (χ2v) is 3.88. The van der Waals surface area contributed by atoms with E-state index in [-0.39, 0.29) is 18.6 Å². The molecule has 0 fully saturated rings. The van der Waals surface area contributed by atoms with Gasteiger partial charge in [-0.15, -0.1) is 0 Å². The van der Waals surface area contributed by atoms with Crippen LogP contribution in [-0.4, -0.2) is 17.6 Å². The van der Waals surface area contributed by atoms with E-state index in [2.05, 4.69) is 5.32 Å². The molecule has 1 rings (SSSR count). The van der Waals surface area contributed by atoms with Crippen molar-refractivity contribution in [1.29, 1.82) is 0 Å². The van der Waals surface area contributed by atoms with Crippen molar-refractivity contribution in [2.24, 2.45) is 0 Å². The van der Waals surface area contributed by atoms with Gasteiger partial charge in [0.1, 0.15) is 0 Å². The third-order valence-corrected chi connectivity index (χ3v) is 2.12.